The highest BCUT2D eigenvalue weighted by atomic mass is 16.5. The van der Waals surface area contributed by atoms with E-state index in [0.29, 0.717) is 0 Å². The standard InChI is InChI=1S/C8H14O2/c1-4-8(10-3)6-5-7(2)9/h5-6,8H,4H2,1-3H3/b6-5+. The molecule has 0 rings (SSSR count). The molecule has 0 amide bonds. The third-order valence-corrected chi connectivity index (χ3v) is 1.25. The van der Waals surface area contributed by atoms with Crippen molar-refractivity contribution in [3.63, 3.8) is 0 Å². The van der Waals surface area contributed by atoms with Crippen LogP contribution >= 0.6 is 0 Å². The second kappa shape index (κ2) is 5.18. The van der Waals surface area contributed by atoms with Gasteiger partial charge in [-0.25, -0.2) is 0 Å². The summed E-state index contributed by atoms with van der Waals surface area (Å²) in [6, 6.07) is 0. The predicted octanol–water partition coefficient (Wildman–Crippen LogP) is 1.56. The van der Waals surface area contributed by atoms with Crippen LogP contribution in [0.4, 0.5) is 0 Å². The number of carbonyl (C=O) groups is 1. The molecule has 0 aliphatic rings. The molecule has 0 aliphatic carbocycles. The van der Waals surface area contributed by atoms with Crippen molar-refractivity contribution in [2.75, 3.05) is 7.11 Å². The smallest absolute Gasteiger partial charge is 0.152 e. The summed E-state index contributed by atoms with van der Waals surface area (Å²) in [6.45, 7) is 3.54. The van der Waals surface area contributed by atoms with Crippen LogP contribution in [0.15, 0.2) is 12.2 Å². The molecule has 2 heteroatoms. The molecule has 0 aliphatic heterocycles. The Balaban J connectivity index is 3.72. The van der Waals surface area contributed by atoms with E-state index in [-0.39, 0.29) is 11.9 Å². The number of hydrogen-bond acceptors (Lipinski definition) is 2. The van der Waals surface area contributed by atoms with E-state index in [0.717, 1.165) is 6.42 Å². The van der Waals surface area contributed by atoms with E-state index in [1.54, 1.807) is 13.2 Å². The summed E-state index contributed by atoms with van der Waals surface area (Å²) in [6.07, 6.45) is 4.31. The van der Waals surface area contributed by atoms with Gasteiger partial charge in [-0.1, -0.05) is 13.0 Å². The van der Waals surface area contributed by atoms with Crippen molar-refractivity contribution in [3.8, 4) is 0 Å². The summed E-state index contributed by atoms with van der Waals surface area (Å²) in [5.74, 6) is 0.0653. The number of rotatable bonds is 4. The Morgan fingerprint density at radius 1 is 1.70 bits per heavy atom. The lowest BCUT2D eigenvalue weighted by Gasteiger charge is -2.04. The quantitative estimate of drug-likeness (QED) is 0.557. The minimum atomic E-state index is 0.0653. The molecule has 0 saturated carbocycles. The minimum absolute atomic E-state index is 0.0653. The number of ether oxygens (including phenoxy) is 1. The first kappa shape index (κ1) is 9.37. The zero-order valence-electron chi connectivity index (χ0n) is 6.76. The molecule has 0 spiro atoms. The Bertz CT molecular complexity index is 123. The monoisotopic (exact) mass is 142 g/mol. The lowest BCUT2D eigenvalue weighted by atomic mass is 10.2. The van der Waals surface area contributed by atoms with Crippen LogP contribution in [0.1, 0.15) is 20.3 Å². The van der Waals surface area contributed by atoms with Gasteiger partial charge in [0.25, 0.3) is 0 Å². The first-order chi connectivity index (χ1) is 4.70. The highest BCUT2D eigenvalue weighted by Crippen LogP contribution is 1.96. The third kappa shape index (κ3) is 4.27. The highest BCUT2D eigenvalue weighted by molar-refractivity contribution is 5.87. The van der Waals surface area contributed by atoms with Crippen molar-refractivity contribution in [2.24, 2.45) is 0 Å². The van der Waals surface area contributed by atoms with Crippen LogP contribution in [-0.4, -0.2) is 19.0 Å². The average Bonchev–Trinajstić information content (AvgIpc) is 1.90. The lowest BCUT2D eigenvalue weighted by Crippen LogP contribution is -2.04. The zero-order valence-corrected chi connectivity index (χ0v) is 6.76. The Labute approximate surface area is 61.9 Å². The molecule has 58 valence electrons. The Morgan fingerprint density at radius 2 is 2.30 bits per heavy atom. The summed E-state index contributed by atoms with van der Waals surface area (Å²) >= 11 is 0. The summed E-state index contributed by atoms with van der Waals surface area (Å²) in [5.41, 5.74) is 0. The predicted molar refractivity (Wildman–Crippen MR) is 40.9 cm³/mol. The largest absolute Gasteiger partial charge is 0.377 e. The molecule has 10 heavy (non-hydrogen) atoms. The Hall–Kier alpha value is -0.630. The molecule has 0 radical (unpaired) electrons. The first-order valence-corrected chi connectivity index (χ1v) is 3.42. The van der Waals surface area contributed by atoms with Crippen LogP contribution < -0.4 is 0 Å². The number of methoxy groups -OCH3 is 1. The van der Waals surface area contributed by atoms with Crippen LogP contribution in [0.5, 0.6) is 0 Å². The average molecular weight is 142 g/mol. The van der Waals surface area contributed by atoms with Crippen LogP contribution in [0.3, 0.4) is 0 Å². The van der Waals surface area contributed by atoms with Crippen molar-refractivity contribution in [1.82, 2.24) is 0 Å². The molecule has 0 N–H and O–H groups in total. The summed E-state index contributed by atoms with van der Waals surface area (Å²) in [5, 5.41) is 0. The number of allylic oxidation sites excluding steroid dienone is 1. The van der Waals surface area contributed by atoms with E-state index in [9.17, 15) is 4.79 Å². The first-order valence-electron chi connectivity index (χ1n) is 3.42. The molecule has 0 aromatic heterocycles. The summed E-state index contributed by atoms with van der Waals surface area (Å²) in [7, 11) is 1.64. The number of ketones is 1. The van der Waals surface area contributed by atoms with Gasteiger partial charge in [0.2, 0.25) is 0 Å². The van der Waals surface area contributed by atoms with E-state index in [2.05, 4.69) is 0 Å². The van der Waals surface area contributed by atoms with Crippen molar-refractivity contribution in [2.45, 2.75) is 26.4 Å². The van der Waals surface area contributed by atoms with Crippen molar-refractivity contribution < 1.29 is 9.53 Å². The Morgan fingerprint density at radius 3 is 2.60 bits per heavy atom. The van der Waals surface area contributed by atoms with Crippen molar-refractivity contribution in [1.29, 1.82) is 0 Å². The van der Waals surface area contributed by atoms with Crippen LogP contribution in [0, 0.1) is 0 Å². The molecule has 1 atom stereocenters. The van der Waals surface area contributed by atoms with E-state index < -0.39 is 0 Å². The topological polar surface area (TPSA) is 26.3 Å². The van der Waals surface area contributed by atoms with Gasteiger partial charge in [0, 0.05) is 7.11 Å². The lowest BCUT2D eigenvalue weighted by molar-refractivity contribution is -0.112. The molecule has 2 nitrogen and oxygen atoms in total. The highest BCUT2D eigenvalue weighted by Gasteiger charge is 1.96. The van der Waals surface area contributed by atoms with E-state index in [1.165, 1.54) is 13.0 Å². The molecule has 0 bridgehead atoms. The molecule has 0 saturated heterocycles. The van der Waals surface area contributed by atoms with Gasteiger partial charge < -0.3 is 4.74 Å². The molecule has 0 aromatic carbocycles. The van der Waals surface area contributed by atoms with Gasteiger partial charge in [-0.05, 0) is 19.4 Å². The van der Waals surface area contributed by atoms with Crippen LogP contribution in [0.2, 0.25) is 0 Å². The van der Waals surface area contributed by atoms with Gasteiger partial charge >= 0.3 is 0 Å². The van der Waals surface area contributed by atoms with Crippen LogP contribution in [0.25, 0.3) is 0 Å². The van der Waals surface area contributed by atoms with E-state index in [1.807, 2.05) is 6.92 Å². The van der Waals surface area contributed by atoms with Gasteiger partial charge in [0.05, 0.1) is 6.10 Å². The maximum atomic E-state index is 10.4. The number of hydrogen-bond donors (Lipinski definition) is 0. The second-order valence-electron chi connectivity index (χ2n) is 2.15. The van der Waals surface area contributed by atoms with E-state index >= 15 is 0 Å². The number of carbonyl (C=O) groups excluding carboxylic acids is 1. The fourth-order valence-corrected chi connectivity index (χ4v) is 0.624. The maximum absolute atomic E-state index is 10.4. The fourth-order valence-electron chi connectivity index (χ4n) is 0.624. The SMILES string of the molecule is CCC(/C=C/C(C)=O)OC. The van der Waals surface area contributed by atoms with Crippen molar-refractivity contribution in [3.05, 3.63) is 12.2 Å². The van der Waals surface area contributed by atoms with Crippen molar-refractivity contribution >= 4 is 5.78 Å². The molecule has 0 heterocycles. The van der Waals surface area contributed by atoms with Crippen LogP contribution in [-0.2, 0) is 9.53 Å². The zero-order chi connectivity index (χ0) is 7.98. The molecular formula is C8H14O2. The summed E-state index contributed by atoms with van der Waals surface area (Å²) in [4.78, 5) is 10.4. The normalized spacial score (nSPS) is 13.9. The minimum Gasteiger partial charge on any atom is -0.377 e. The van der Waals surface area contributed by atoms with Gasteiger partial charge in [0.1, 0.15) is 0 Å². The van der Waals surface area contributed by atoms with Gasteiger partial charge in [-0.3, -0.25) is 4.79 Å². The van der Waals surface area contributed by atoms with Gasteiger partial charge in [0.15, 0.2) is 5.78 Å². The van der Waals surface area contributed by atoms with Gasteiger partial charge in [-0.2, -0.15) is 0 Å². The second-order valence-corrected chi connectivity index (χ2v) is 2.15. The molecule has 0 fully saturated rings. The van der Waals surface area contributed by atoms with Gasteiger partial charge in [-0.15, -0.1) is 0 Å². The maximum Gasteiger partial charge on any atom is 0.152 e. The molecule has 1 unspecified atom stereocenters. The molecule has 0 aromatic rings. The van der Waals surface area contributed by atoms with E-state index in [4.69, 9.17) is 4.74 Å². The Kier molecular flexibility index (Phi) is 4.85. The summed E-state index contributed by atoms with van der Waals surface area (Å²) < 4.78 is 5.01. The molecular weight excluding hydrogens is 128 g/mol. The fraction of sp³-hybridized carbons (Fsp3) is 0.625. The third-order valence-electron chi connectivity index (χ3n) is 1.25.